The number of ether oxygens (including phenoxy) is 1. The van der Waals surface area contributed by atoms with Crippen LogP contribution >= 0.6 is 0 Å². The van der Waals surface area contributed by atoms with Crippen LogP contribution in [0.1, 0.15) is 10.4 Å². The number of hydrogen-bond acceptors (Lipinski definition) is 7. The van der Waals surface area contributed by atoms with Gasteiger partial charge < -0.3 is 10.1 Å². The molecule has 1 N–H and O–H groups in total. The number of anilines is 1. The van der Waals surface area contributed by atoms with Gasteiger partial charge in [-0.2, -0.15) is 9.61 Å². The largest absolute Gasteiger partial charge is 0.479 e. The maximum Gasteiger partial charge on any atom is 0.262 e. The van der Waals surface area contributed by atoms with E-state index in [0.29, 0.717) is 22.7 Å². The average molecular weight is 426 g/mol. The lowest BCUT2D eigenvalue weighted by Gasteiger charge is -2.07. The molecule has 158 valence electrons. The second kappa shape index (κ2) is 7.91. The van der Waals surface area contributed by atoms with Crippen molar-refractivity contribution in [1.29, 1.82) is 0 Å². The Kier molecular flexibility index (Phi) is 4.79. The molecule has 1 amide bonds. The molecule has 0 atom stereocenters. The van der Waals surface area contributed by atoms with Gasteiger partial charge in [-0.15, -0.1) is 15.3 Å². The van der Waals surface area contributed by atoms with Gasteiger partial charge in [0.2, 0.25) is 5.88 Å². The average Bonchev–Trinajstić information content (AvgIpc) is 3.43. The third-order valence-electron chi connectivity index (χ3n) is 4.87. The molecular weight excluding hydrogens is 408 g/mol. The predicted octanol–water partition coefficient (Wildman–Crippen LogP) is 2.85. The van der Waals surface area contributed by atoms with E-state index in [4.69, 9.17) is 9.84 Å². The molecule has 5 rings (SSSR count). The van der Waals surface area contributed by atoms with Gasteiger partial charge in [0.05, 0.1) is 12.8 Å². The predicted molar refractivity (Wildman–Crippen MR) is 117 cm³/mol. The highest BCUT2D eigenvalue weighted by molar-refractivity contribution is 6.05. The first kappa shape index (κ1) is 19.4. The van der Waals surface area contributed by atoms with Crippen LogP contribution in [0.3, 0.4) is 0 Å². The van der Waals surface area contributed by atoms with Crippen molar-refractivity contribution in [3.8, 4) is 28.5 Å². The Morgan fingerprint density at radius 3 is 2.47 bits per heavy atom. The maximum atomic E-state index is 12.6. The minimum Gasteiger partial charge on any atom is -0.479 e. The summed E-state index contributed by atoms with van der Waals surface area (Å²) < 4.78 is 8.39. The summed E-state index contributed by atoms with van der Waals surface area (Å²) in [5, 5.41) is 20.1. The number of aromatic nitrogens is 7. The van der Waals surface area contributed by atoms with Crippen molar-refractivity contribution >= 4 is 17.2 Å². The van der Waals surface area contributed by atoms with E-state index in [-0.39, 0.29) is 11.8 Å². The van der Waals surface area contributed by atoms with Crippen molar-refractivity contribution in [1.82, 2.24) is 34.6 Å². The number of pyridine rings is 1. The van der Waals surface area contributed by atoms with Crippen LogP contribution in [0.15, 0.2) is 67.1 Å². The van der Waals surface area contributed by atoms with E-state index in [9.17, 15) is 4.79 Å². The SMILES string of the molecule is COc1nn(C)cc1C(=O)Nc1ccc(-c2ccc3nnc(-c4ccncc4)n3n2)cc1. The first-order chi connectivity index (χ1) is 15.6. The molecule has 0 aliphatic carbocycles. The molecule has 0 radical (unpaired) electrons. The number of carbonyl (C=O) groups excluding carboxylic acids is 1. The van der Waals surface area contributed by atoms with Gasteiger partial charge in [-0.05, 0) is 36.4 Å². The van der Waals surface area contributed by atoms with E-state index in [1.807, 2.05) is 48.5 Å². The Bertz CT molecular complexity index is 1410. The third kappa shape index (κ3) is 3.54. The van der Waals surface area contributed by atoms with Gasteiger partial charge in [0.25, 0.3) is 5.91 Å². The van der Waals surface area contributed by atoms with E-state index in [1.165, 1.54) is 11.8 Å². The Morgan fingerprint density at radius 1 is 0.938 bits per heavy atom. The van der Waals surface area contributed by atoms with E-state index in [1.54, 1.807) is 30.2 Å². The zero-order valence-corrected chi connectivity index (χ0v) is 17.3. The number of carbonyl (C=O) groups is 1. The summed E-state index contributed by atoms with van der Waals surface area (Å²) in [6.07, 6.45) is 5.02. The first-order valence-corrected chi connectivity index (χ1v) is 9.74. The van der Waals surface area contributed by atoms with Gasteiger partial charge in [-0.25, -0.2) is 0 Å². The number of benzene rings is 1. The van der Waals surface area contributed by atoms with Gasteiger partial charge in [0.15, 0.2) is 11.5 Å². The monoisotopic (exact) mass is 426 g/mol. The first-order valence-electron chi connectivity index (χ1n) is 9.74. The molecule has 1 aromatic carbocycles. The van der Waals surface area contributed by atoms with Crippen molar-refractivity contribution in [3.63, 3.8) is 0 Å². The maximum absolute atomic E-state index is 12.6. The van der Waals surface area contributed by atoms with Gasteiger partial charge in [-0.3, -0.25) is 14.5 Å². The van der Waals surface area contributed by atoms with Crippen LogP contribution in [0, 0.1) is 0 Å². The smallest absolute Gasteiger partial charge is 0.262 e. The molecule has 4 heterocycles. The molecule has 0 unspecified atom stereocenters. The summed E-state index contributed by atoms with van der Waals surface area (Å²) in [7, 11) is 3.21. The molecule has 4 aromatic heterocycles. The lowest BCUT2D eigenvalue weighted by Crippen LogP contribution is -2.12. The summed E-state index contributed by atoms with van der Waals surface area (Å²) in [4.78, 5) is 16.6. The second-order valence-electron chi connectivity index (χ2n) is 7.01. The molecule has 0 aliphatic rings. The van der Waals surface area contributed by atoms with Crippen LogP contribution in [-0.4, -0.2) is 47.6 Å². The molecule has 10 nitrogen and oxygen atoms in total. The van der Waals surface area contributed by atoms with Gasteiger partial charge in [0, 0.05) is 42.5 Å². The quantitative estimate of drug-likeness (QED) is 0.460. The number of hydrogen-bond donors (Lipinski definition) is 1. The highest BCUT2D eigenvalue weighted by atomic mass is 16.5. The molecule has 0 spiro atoms. The lowest BCUT2D eigenvalue weighted by molar-refractivity contribution is 0.102. The van der Waals surface area contributed by atoms with Gasteiger partial charge in [-0.1, -0.05) is 12.1 Å². The molecular formula is C22H18N8O2. The molecule has 10 heteroatoms. The Labute approximate surface area is 182 Å². The van der Waals surface area contributed by atoms with Crippen molar-refractivity contribution in [3.05, 3.63) is 72.7 Å². The Hall–Kier alpha value is -4.60. The van der Waals surface area contributed by atoms with E-state index in [0.717, 1.165) is 16.8 Å². The number of nitrogens with one attached hydrogen (secondary N) is 1. The van der Waals surface area contributed by atoms with Crippen molar-refractivity contribution in [2.75, 3.05) is 12.4 Å². The number of methoxy groups -OCH3 is 1. The van der Waals surface area contributed by atoms with E-state index < -0.39 is 0 Å². The summed E-state index contributed by atoms with van der Waals surface area (Å²) >= 11 is 0. The van der Waals surface area contributed by atoms with Crippen LogP contribution in [-0.2, 0) is 7.05 Å². The molecule has 0 aliphatic heterocycles. The van der Waals surface area contributed by atoms with Gasteiger partial charge >= 0.3 is 0 Å². The number of fused-ring (bicyclic) bond motifs is 1. The van der Waals surface area contributed by atoms with Gasteiger partial charge in [0.1, 0.15) is 5.56 Å². The number of nitrogens with zero attached hydrogens (tertiary/aromatic N) is 7. The fourth-order valence-electron chi connectivity index (χ4n) is 3.32. The van der Waals surface area contributed by atoms with Crippen molar-refractivity contribution in [2.24, 2.45) is 7.05 Å². The highest BCUT2D eigenvalue weighted by Gasteiger charge is 2.16. The van der Waals surface area contributed by atoms with Crippen LogP contribution in [0.4, 0.5) is 5.69 Å². The molecule has 0 saturated carbocycles. The lowest BCUT2D eigenvalue weighted by atomic mass is 10.1. The summed E-state index contributed by atoms with van der Waals surface area (Å²) in [5.41, 5.74) is 4.17. The molecule has 32 heavy (non-hydrogen) atoms. The van der Waals surface area contributed by atoms with Crippen molar-refractivity contribution < 1.29 is 9.53 Å². The normalized spacial score (nSPS) is 10.9. The van der Waals surface area contributed by atoms with Crippen molar-refractivity contribution in [2.45, 2.75) is 0 Å². The van der Waals surface area contributed by atoms with E-state index >= 15 is 0 Å². The Balaban J connectivity index is 1.41. The number of aryl methyl sites for hydroxylation is 1. The summed E-state index contributed by atoms with van der Waals surface area (Å²) in [6, 6.07) is 14.9. The minimum atomic E-state index is -0.297. The molecule has 0 saturated heterocycles. The summed E-state index contributed by atoms with van der Waals surface area (Å²) in [5.74, 6) is 0.616. The Morgan fingerprint density at radius 2 is 1.72 bits per heavy atom. The summed E-state index contributed by atoms with van der Waals surface area (Å²) in [6.45, 7) is 0. The van der Waals surface area contributed by atoms with Crippen LogP contribution in [0.25, 0.3) is 28.3 Å². The molecule has 0 bridgehead atoms. The topological polar surface area (TPSA) is 112 Å². The van der Waals surface area contributed by atoms with Crippen LogP contribution < -0.4 is 10.1 Å². The fraction of sp³-hybridized carbons (Fsp3) is 0.0909. The minimum absolute atomic E-state index is 0.276. The zero-order valence-electron chi connectivity index (χ0n) is 17.3. The standard InChI is InChI=1S/C22H18N8O2/c1-29-13-17(22(28-29)32-2)21(31)24-16-5-3-14(4-6-16)18-7-8-19-25-26-20(30(19)27-18)15-9-11-23-12-10-15/h3-13H,1-2H3,(H,24,31). The second-order valence-corrected chi connectivity index (χ2v) is 7.01. The number of amides is 1. The third-order valence-corrected chi connectivity index (χ3v) is 4.87. The molecule has 5 aromatic rings. The van der Waals surface area contributed by atoms with E-state index in [2.05, 4.69) is 25.6 Å². The number of rotatable bonds is 5. The zero-order chi connectivity index (χ0) is 22.1. The van der Waals surface area contributed by atoms with Crippen LogP contribution in [0.2, 0.25) is 0 Å². The highest BCUT2D eigenvalue weighted by Crippen LogP contribution is 2.23. The van der Waals surface area contributed by atoms with Crippen LogP contribution in [0.5, 0.6) is 5.88 Å². The molecule has 0 fully saturated rings. The fourth-order valence-corrected chi connectivity index (χ4v) is 3.32.